The summed E-state index contributed by atoms with van der Waals surface area (Å²) in [6, 6.07) is 7.83. The molecule has 3 heteroatoms. The van der Waals surface area contributed by atoms with Crippen LogP contribution in [0, 0.1) is 11.8 Å². The molecule has 0 atom stereocenters. The Kier molecular flexibility index (Phi) is 4.43. The van der Waals surface area contributed by atoms with E-state index in [0.29, 0.717) is 6.54 Å². The van der Waals surface area contributed by atoms with Crippen molar-refractivity contribution >= 4 is 0 Å². The minimum atomic E-state index is 0.265. The highest BCUT2D eigenvalue weighted by atomic mass is 16.5. The van der Waals surface area contributed by atoms with Crippen LogP contribution >= 0.6 is 0 Å². The van der Waals surface area contributed by atoms with Gasteiger partial charge >= 0.3 is 0 Å². The molecule has 17 heavy (non-hydrogen) atoms. The van der Waals surface area contributed by atoms with Crippen molar-refractivity contribution in [2.45, 2.75) is 18.9 Å². The zero-order chi connectivity index (χ0) is 11.9. The van der Waals surface area contributed by atoms with E-state index < -0.39 is 0 Å². The molecule has 0 aromatic heterocycles. The largest absolute Gasteiger partial charge is 0.490 e. The Hall–Kier alpha value is -1.50. The lowest BCUT2D eigenvalue weighted by atomic mass is 10.1. The van der Waals surface area contributed by atoms with Crippen molar-refractivity contribution in [3.05, 3.63) is 29.8 Å². The second-order valence-corrected chi connectivity index (χ2v) is 3.96. The van der Waals surface area contributed by atoms with Gasteiger partial charge in [0.15, 0.2) is 0 Å². The van der Waals surface area contributed by atoms with Crippen LogP contribution in [0.3, 0.4) is 0 Å². The van der Waals surface area contributed by atoms with Crippen molar-refractivity contribution in [3.63, 3.8) is 0 Å². The molecule has 1 aromatic carbocycles. The Morgan fingerprint density at radius 3 is 2.94 bits per heavy atom. The van der Waals surface area contributed by atoms with E-state index in [0.717, 1.165) is 37.4 Å². The number of hydrogen-bond acceptors (Lipinski definition) is 3. The first kappa shape index (κ1) is 12.0. The average Bonchev–Trinajstić information content (AvgIpc) is 2.38. The van der Waals surface area contributed by atoms with E-state index in [1.54, 1.807) is 0 Å². The molecule has 0 aliphatic carbocycles. The summed E-state index contributed by atoms with van der Waals surface area (Å²) in [4.78, 5) is 0. The molecule has 0 radical (unpaired) electrons. The maximum absolute atomic E-state index is 5.90. The van der Waals surface area contributed by atoms with Crippen LogP contribution in [0.15, 0.2) is 24.3 Å². The van der Waals surface area contributed by atoms with Crippen LogP contribution < -0.4 is 10.5 Å². The smallest absolute Gasteiger partial charge is 0.120 e. The maximum atomic E-state index is 5.90. The lowest BCUT2D eigenvalue weighted by Gasteiger charge is -2.23. The number of nitrogens with two attached hydrogens (primary N) is 1. The van der Waals surface area contributed by atoms with Crippen LogP contribution in [0.4, 0.5) is 0 Å². The molecule has 0 unspecified atom stereocenters. The molecular formula is C14H17NO2. The highest BCUT2D eigenvalue weighted by Crippen LogP contribution is 2.18. The van der Waals surface area contributed by atoms with Crippen molar-refractivity contribution in [1.29, 1.82) is 0 Å². The Balaban J connectivity index is 2.00. The zero-order valence-corrected chi connectivity index (χ0v) is 9.82. The van der Waals surface area contributed by atoms with Gasteiger partial charge in [0.05, 0.1) is 19.8 Å². The third-order valence-electron chi connectivity index (χ3n) is 2.64. The molecule has 2 N–H and O–H groups in total. The minimum Gasteiger partial charge on any atom is -0.490 e. The van der Waals surface area contributed by atoms with Crippen LogP contribution in [0.25, 0.3) is 0 Å². The van der Waals surface area contributed by atoms with Gasteiger partial charge in [0, 0.05) is 18.4 Å². The average molecular weight is 231 g/mol. The van der Waals surface area contributed by atoms with Gasteiger partial charge in [-0.05, 0) is 18.2 Å². The Morgan fingerprint density at radius 1 is 1.35 bits per heavy atom. The van der Waals surface area contributed by atoms with Gasteiger partial charge < -0.3 is 15.2 Å². The predicted molar refractivity (Wildman–Crippen MR) is 66.8 cm³/mol. The summed E-state index contributed by atoms with van der Waals surface area (Å²) in [5, 5.41) is 0. The lowest BCUT2D eigenvalue weighted by molar-refractivity contribution is 0.0255. The molecule has 1 heterocycles. The summed E-state index contributed by atoms with van der Waals surface area (Å²) in [7, 11) is 0. The highest BCUT2D eigenvalue weighted by Gasteiger charge is 2.14. The first-order valence-corrected chi connectivity index (χ1v) is 5.92. The first-order valence-electron chi connectivity index (χ1n) is 5.92. The maximum Gasteiger partial charge on any atom is 0.120 e. The van der Waals surface area contributed by atoms with Crippen molar-refractivity contribution in [2.75, 3.05) is 19.8 Å². The number of benzene rings is 1. The zero-order valence-electron chi connectivity index (χ0n) is 9.82. The molecule has 3 nitrogen and oxygen atoms in total. The quantitative estimate of drug-likeness (QED) is 0.785. The van der Waals surface area contributed by atoms with Crippen LogP contribution in [-0.2, 0) is 4.74 Å². The van der Waals surface area contributed by atoms with E-state index in [1.165, 1.54) is 0 Å². The van der Waals surface area contributed by atoms with E-state index in [9.17, 15) is 0 Å². The molecule has 1 aliphatic heterocycles. The van der Waals surface area contributed by atoms with Crippen LogP contribution in [0.1, 0.15) is 18.4 Å². The van der Waals surface area contributed by atoms with Gasteiger partial charge in [0.25, 0.3) is 0 Å². The van der Waals surface area contributed by atoms with Gasteiger partial charge in [-0.1, -0.05) is 17.9 Å². The molecule has 0 spiro atoms. The standard InChI is InChI=1S/C14H17NO2/c15-8-2-4-12-3-1-5-14(11-12)17-13-6-9-16-10-7-13/h1,3,5,11,13H,6-10,15H2. The molecule has 0 bridgehead atoms. The lowest BCUT2D eigenvalue weighted by Crippen LogP contribution is -2.25. The molecule has 0 saturated carbocycles. The van der Waals surface area contributed by atoms with Crippen LogP contribution in [0.5, 0.6) is 5.75 Å². The third kappa shape index (κ3) is 3.77. The summed E-state index contributed by atoms with van der Waals surface area (Å²) in [5.74, 6) is 6.72. The van der Waals surface area contributed by atoms with Crippen molar-refractivity contribution in [3.8, 4) is 17.6 Å². The van der Waals surface area contributed by atoms with Gasteiger partial charge in [0.1, 0.15) is 11.9 Å². The first-order chi connectivity index (χ1) is 8.38. The molecule has 1 saturated heterocycles. The van der Waals surface area contributed by atoms with Gasteiger partial charge in [-0.2, -0.15) is 0 Å². The van der Waals surface area contributed by atoms with E-state index in [1.807, 2.05) is 24.3 Å². The van der Waals surface area contributed by atoms with Gasteiger partial charge in [0.2, 0.25) is 0 Å². The molecular weight excluding hydrogens is 214 g/mol. The summed E-state index contributed by atoms with van der Waals surface area (Å²) < 4.78 is 11.2. The van der Waals surface area contributed by atoms with Gasteiger partial charge in [-0.25, -0.2) is 0 Å². The van der Waals surface area contributed by atoms with Gasteiger partial charge in [-0.15, -0.1) is 0 Å². The molecule has 1 aliphatic rings. The molecule has 1 aromatic rings. The number of hydrogen-bond donors (Lipinski definition) is 1. The fourth-order valence-electron chi connectivity index (χ4n) is 1.79. The summed E-state index contributed by atoms with van der Waals surface area (Å²) in [6.07, 6.45) is 2.18. The summed E-state index contributed by atoms with van der Waals surface area (Å²) in [6.45, 7) is 1.96. The molecule has 2 rings (SSSR count). The van der Waals surface area contributed by atoms with E-state index >= 15 is 0 Å². The van der Waals surface area contributed by atoms with Crippen LogP contribution in [0.2, 0.25) is 0 Å². The molecule has 90 valence electrons. The molecule has 1 fully saturated rings. The molecule has 0 amide bonds. The normalized spacial score (nSPS) is 16.1. The SMILES string of the molecule is NCC#Cc1cccc(OC2CCOCC2)c1. The van der Waals surface area contributed by atoms with Crippen molar-refractivity contribution < 1.29 is 9.47 Å². The van der Waals surface area contributed by atoms with E-state index in [2.05, 4.69) is 11.8 Å². The highest BCUT2D eigenvalue weighted by molar-refractivity contribution is 5.39. The third-order valence-corrected chi connectivity index (χ3v) is 2.64. The number of ether oxygens (including phenoxy) is 2. The Bertz CT molecular complexity index is 414. The number of rotatable bonds is 2. The predicted octanol–water partition coefficient (Wildman–Crippen LogP) is 1.55. The second kappa shape index (κ2) is 6.29. The van der Waals surface area contributed by atoms with Crippen LogP contribution in [-0.4, -0.2) is 25.9 Å². The van der Waals surface area contributed by atoms with E-state index in [4.69, 9.17) is 15.2 Å². The Labute approximate surface area is 102 Å². The summed E-state index contributed by atoms with van der Waals surface area (Å²) in [5.41, 5.74) is 6.29. The van der Waals surface area contributed by atoms with Crippen molar-refractivity contribution in [1.82, 2.24) is 0 Å². The second-order valence-electron chi connectivity index (χ2n) is 3.96. The monoisotopic (exact) mass is 231 g/mol. The summed E-state index contributed by atoms with van der Waals surface area (Å²) >= 11 is 0. The van der Waals surface area contributed by atoms with Gasteiger partial charge in [-0.3, -0.25) is 0 Å². The minimum absolute atomic E-state index is 0.265. The van der Waals surface area contributed by atoms with Crippen molar-refractivity contribution in [2.24, 2.45) is 5.73 Å². The fourth-order valence-corrected chi connectivity index (χ4v) is 1.79. The topological polar surface area (TPSA) is 44.5 Å². The fraction of sp³-hybridized carbons (Fsp3) is 0.429. The van der Waals surface area contributed by atoms with E-state index in [-0.39, 0.29) is 6.10 Å². The Morgan fingerprint density at radius 2 is 2.18 bits per heavy atom.